The van der Waals surface area contributed by atoms with Gasteiger partial charge in [0.15, 0.2) is 5.82 Å². The highest BCUT2D eigenvalue weighted by Gasteiger charge is 2.17. The molecule has 0 aliphatic carbocycles. The van der Waals surface area contributed by atoms with Crippen LogP contribution in [0.15, 0.2) is 30.6 Å². The molecule has 1 amide bonds. The van der Waals surface area contributed by atoms with Gasteiger partial charge in [-0.15, -0.1) is 0 Å². The van der Waals surface area contributed by atoms with Gasteiger partial charge >= 0.3 is 0 Å². The normalized spacial score (nSPS) is 12.4. The molecule has 0 saturated carbocycles. The summed E-state index contributed by atoms with van der Waals surface area (Å²) in [5.41, 5.74) is 1.50. The number of hydrogen-bond acceptors (Lipinski definition) is 4. The molecule has 0 unspecified atom stereocenters. The van der Waals surface area contributed by atoms with Crippen molar-refractivity contribution in [1.29, 1.82) is 0 Å². The van der Waals surface area contributed by atoms with E-state index in [9.17, 15) is 4.79 Å². The first-order valence-corrected chi connectivity index (χ1v) is 8.55. The zero-order valence-corrected chi connectivity index (χ0v) is 15.0. The van der Waals surface area contributed by atoms with E-state index < -0.39 is 0 Å². The van der Waals surface area contributed by atoms with Crippen molar-refractivity contribution in [3.05, 3.63) is 41.9 Å². The van der Waals surface area contributed by atoms with Crippen molar-refractivity contribution in [2.45, 2.75) is 39.7 Å². The van der Waals surface area contributed by atoms with Crippen LogP contribution in [0.2, 0.25) is 0 Å². The molecule has 0 aromatic carbocycles. The standard InChI is InChI=1S/C18H27N5O/c1-5-14(3)22(4)12-11-20-18(24)15-13-21-23(16(15)6-2)17-9-7-8-10-19-17/h7-10,13-14H,5-6,11-12H2,1-4H3,(H,20,24)/t14-/m1/s1. The van der Waals surface area contributed by atoms with Crippen LogP contribution >= 0.6 is 0 Å². The molecule has 1 atom stereocenters. The van der Waals surface area contributed by atoms with Crippen molar-refractivity contribution in [3.8, 4) is 5.82 Å². The lowest BCUT2D eigenvalue weighted by atomic mass is 10.2. The molecule has 6 heteroatoms. The molecule has 1 N–H and O–H groups in total. The number of hydrogen-bond donors (Lipinski definition) is 1. The van der Waals surface area contributed by atoms with E-state index in [1.54, 1.807) is 17.1 Å². The van der Waals surface area contributed by atoms with Crippen LogP contribution < -0.4 is 5.32 Å². The zero-order chi connectivity index (χ0) is 17.5. The summed E-state index contributed by atoms with van der Waals surface area (Å²) >= 11 is 0. The highest BCUT2D eigenvalue weighted by Crippen LogP contribution is 2.14. The van der Waals surface area contributed by atoms with Crippen LogP contribution in [0.4, 0.5) is 0 Å². The fourth-order valence-electron chi connectivity index (χ4n) is 2.55. The van der Waals surface area contributed by atoms with Crippen molar-refractivity contribution in [2.75, 3.05) is 20.1 Å². The Morgan fingerprint density at radius 3 is 2.79 bits per heavy atom. The maximum Gasteiger partial charge on any atom is 0.254 e. The minimum absolute atomic E-state index is 0.0772. The highest BCUT2D eigenvalue weighted by atomic mass is 16.1. The molecule has 6 nitrogen and oxygen atoms in total. The van der Waals surface area contributed by atoms with Gasteiger partial charge in [0, 0.05) is 25.3 Å². The number of amides is 1. The fourth-order valence-corrected chi connectivity index (χ4v) is 2.55. The van der Waals surface area contributed by atoms with Crippen LogP contribution in [0.5, 0.6) is 0 Å². The number of likely N-dealkylation sites (N-methyl/N-ethyl adjacent to an activating group) is 1. The lowest BCUT2D eigenvalue weighted by Crippen LogP contribution is -2.37. The second-order valence-electron chi connectivity index (χ2n) is 5.95. The number of carbonyl (C=O) groups is 1. The van der Waals surface area contributed by atoms with Gasteiger partial charge in [0.1, 0.15) is 0 Å². The summed E-state index contributed by atoms with van der Waals surface area (Å²) in [6.45, 7) is 7.82. The van der Waals surface area contributed by atoms with E-state index in [-0.39, 0.29) is 5.91 Å². The lowest BCUT2D eigenvalue weighted by Gasteiger charge is -2.23. The van der Waals surface area contributed by atoms with E-state index >= 15 is 0 Å². The summed E-state index contributed by atoms with van der Waals surface area (Å²) in [5.74, 6) is 0.650. The first-order valence-electron chi connectivity index (χ1n) is 8.55. The Hall–Kier alpha value is -2.21. The number of carbonyl (C=O) groups excluding carboxylic acids is 1. The summed E-state index contributed by atoms with van der Waals surface area (Å²) in [4.78, 5) is 19.0. The smallest absolute Gasteiger partial charge is 0.254 e. The molecule has 0 aliphatic heterocycles. The van der Waals surface area contributed by atoms with E-state index in [1.807, 2.05) is 25.1 Å². The van der Waals surface area contributed by atoms with Crippen LogP contribution in [-0.2, 0) is 6.42 Å². The number of nitrogens with one attached hydrogen (secondary N) is 1. The molecule has 2 aromatic rings. The van der Waals surface area contributed by atoms with Crippen molar-refractivity contribution in [2.24, 2.45) is 0 Å². The minimum Gasteiger partial charge on any atom is -0.351 e. The molecule has 0 bridgehead atoms. The van der Waals surface area contributed by atoms with E-state index in [4.69, 9.17) is 0 Å². The van der Waals surface area contributed by atoms with E-state index in [1.165, 1.54) is 0 Å². The van der Waals surface area contributed by atoms with Gasteiger partial charge in [-0.25, -0.2) is 9.67 Å². The van der Waals surface area contributed by atoms with Gasteiger partial charge in [0.2, 0.25) is 0 Å². The quantitative estimate of drug-likeness (QED) is 0.807. The Balaban J connectivity index is 2.04. The van der Waals surface area contributed by atoms with Crippen LogP contribution in [0.1, 0.15) is 43.2 Å². The Bertz CT molecular complexity index is 653. The molecule has 0 aliphatic rings. The molecule has 2 rings (SSSR count). The largest absolute Gasteiger partial charge is 0.351 e. The minimum atomic E-state index is -0.0772. The predicted molar refractivity (Wildman–Crippen MR) is 95.5 cm³/mol. The maximum atomic E-state index is 12.5. The third-order valence-electron chi connectivity index (χ3n) is 4.41. The number of nitrogens with zero attached hydrogens (tertiary/aromatic N) is 4. The first kappa shape index (κ1) is 18.1. The summed E-state index contributed by atoms with van der Waals surface area (Å²) in [7, 11) is 2.08. The molecular formula is C18H27N5O. The summed E-state index contributed by atoms with van der Waals surface area (Å²) in [5, 5.41) is 7.34. The van der Waals surface area contributed by atoms with Gasteiger partial charge in [0.25, 0.3) is 5.91 Å². The molecule has 0 radical (unpaired) electrons. The molecule has 2 aromatic heterocycles. The molecule has 0 fully saturated rings. The van der Waals surface area contributed by atoms with E-state index in [0.29, 0.717) is 24.6 Å². The van der Waals surface area contributed by atoms with Crippen LogP contribution in [-0.4, -0.2) is 51.8 Å². The van der Waals surface area contributed by atoms with Crippen molar-refractivity contribution >= 4 is 5.91 Å². The summed E-state index contributed by atoms with van der Waals surface area (Å²) < 4.78 is 1.74. The van der Waals surface area contributed by atoms with Crippen molar-refractivity contribution in [1.82, 2.24) is 25.0 Å². The third-order valence-corrected chi connectivity index (χ3v) is 4.41. The Morgan fingerprint density at radius 2 is 2.17 bits per heavy atom. The van der Waals surface area contributed by atoms with Crippen molar-refractivity contribution in [3.63, 3.8) is 0 Å². The third kappa shape index (κ3) is 4.20. The van der Waals surface area contributed by atoms with Crippen LogP contribution in [0, 0.1) is 0 Å². The number of rotatable bonds is 8. The zero-order valence-electron chi connectivity index (χ0n) is 15.0. The second-order valence-corrected chi connectivity index (χ2v) is 5.95. The van der Waals surface area contributed by atoms with Gasteiger partial charge in [-0.1, -0.05) is 19.9 Å². The Morgan fingerprint density at radius 1 is 1.38 bits per heavy atom. The average molecular weight is 329 g/mol. The van der Waals surface area contributed by atoms with Crippen LogP contribution in [0.3, 0.4) is 0 Å². The van der Waals surface area contributed by atoms with Gasteiger partial charge in [-0.05, 0) is 38.9 Å². The molecular weight excluding hydrogens is 302 g/mol. The molecule has 2 heterocycles. The average Bonchev–Trinajstić information content (AvgIpc) is 3.05. The monoisotopic (exact) mass is 329 g/mol. The fraction of sp³-hybridized carbons (Fsp3) is 0.500. The SMILES string of the molecule is CCc1c(C(=O)NCCN(C)[C@H](C)CC)cnn1-c1ccccn1. The lowest BCUT2D eigenvalue weighted by molar-refractivity contribution is 0.0946. The predicted octanol–water partition coefficient (Wildman–Crippen LogP) is 2.29. The molecule has 0 saturated heterocycles. The molecule has 24 heavy (non-hydrogen) atoms. The first-order chi connectivity index (χ1) is 11.6. The highest BCUT2D eigenvalue weighted by molar-refractivity contribution is 5.95. The Kier molecular flexibility index (Phi) is 6.49. The Labute approximate surface area is 143 Å². The maximum absolute atomic E-state index is 12.5. The van der Waals surface area contributed by atoms with Gasteiger partial charge in [-0.2, -0.15) is 5.10 Å². The molecule has 130 valence electrons. The topological polar surface area (TPSA) is 63.1 Å². The second kappa shape index (κ2) is 8.59. The van der Waals surface area contributed by atoms with Gasteiger partial charge in [0.05, 0.1) is 17.5 Å². The molecule has 0 spiro atoms. The summed E-state index contributed by atoms with van der Waals surface area (Å²) in [6.07, 6.45) is 5.16. The van der Waals surface area contributed by atoms with Crippen LogP contribution in [0.25, 0.3) is 5.82 Å². The van der Waals surface area contributed by atoms with Crippen molar-refractivity contribution < 1.29 is 4.79 Å². The number of pyridine rings is 1. The van der Waals surface area contributed by atoms with E-state index in [0.717, 1.165) is 24.5 Å². The number of aromatic nitrogens is 3. The van der Waals surface area contributed by atoms with Gasteiger partial charge < -0.3 is 10.2 Å². The van der Waals surface area contributed by atoms with Gasteiger partial charge in [-0.3, -0.25) is 4.79 Å². The van der Waals surface area contributed by atoms with E-state index in [2.05, 4.69) is 41.2 Å². The summed E-state index contributed by atoms with van der Waals surface area (Å²) in [6, 6.07) is 6.17.